The first kappa shape index (κ1) is 22.6. The maximum Gasteiger partial charge on any atom is 0.260 e. The van der Waals surface area contributed by atoms with E-state index in [0.717, 1.165) is 22.5 Å². The number of fused-ring (bicyclic) bond motifs is 2. The Labute approximate surface area is 219 Å². The second kappa shape index (κ2) is 8.98. The third-order valence-electron chi connectivity index (χ3n) is 6.57. The van der Waals surface area contributed by atoms with Crippen molar-refractivity contribution in [3.63, 3.8) is 0 Å². The fraction of sp³-hybridized carbons (Fsp3) is 0.0667. The maximum atomic E-state index is 14.0. The SMILES string of the molecule is O=C1/C(=C2/C(=O)N(Cc3ccccc3)c3ccc(Cl)cc32)c2cc(Cl)ccc2N1Cc1ccccc1. The maximum absolute atomic E-state index is 14.0. The molecule has 0 unspecified atom stereocenters. The van der Waals surface area contributed by atoms with Crippen LogP contribution in [-0.2, 0) is 22.7 Å². The zero-order valence-electron chi connectivity index (χ0n) is 19.1. The number of carbonyl (C=O) groups is 2. The van der Waals surface area contributed by atoms with Gasteiger partial charge in [-0.25, -0.2) is 0 Å². The standard InChI is InChI=1S/C30H20Cl2N2O2/c31-21-11-13-25-23(15-21)27(29(35)33(25)17-19-7-3-1-4-8-19)28-24-16-22(32)12-14-26(24)34(30(28)36)18-20-9-5-2-6-10-20/h1-16H,17-18H2/b28-27+. The summed E-state index contributed by atoms with van der Waals surface area (Å²) in [4.78, 5) is 31.4. The lowest BCUT2D eigenvalue weighted by Crippen LogP contribution is -2.28. The first-order valence-corrected chi connectivity index (χ1v) is 12.3. The highest BCUT2D eigenvalue weighted by atomic mass is 35.5. The van der Waals surface area contributed by atoms with Gasteiger partial charge in [-0.15, -0.1) is 0 Å². The minimum Gasteiger partial charge on any atom is -0.303 e. The Morgan fingerprint density at radius 1 is 0.528 bits per heavy atom. The molecule has 0 radical (unpaired) electrons. The molecule has 0 fully saturated rings. The fourth-order valence-corrected chi connectivity index (χ4v) is 5.28. The van der Waals surface area contributed by atoms with Gasteiger partial charge in [-0.3, -0.25) is 9.59 Å². The summed E-state index contributed by atoms with van der Waals surface area (Å²) in [6.45, 7) is 0.769. The van der Waals surface area contributed by atoms with E-state index < -0.39 is 0 Å². The summed E-state index contributed by atoms with van der Waals surface area (Å²) in [6, 6.07) is 30.3. The van der Waals surface area contributed by atoms with E-state index in [2.05, 4.69) is 0 Å². The van der Waals surface area contributed by atoms with E-state index in [1.54, 1.807) is 34.1 Å². The minimum atomic E-state index is -0.230. The summed E-state index contributed by atoms with van der Waals surface area (Å²) >= 11 is 12.8. The predicted molar refractivity (Wildman–Crippen MR) is 145 cm³/mol. The van der Waals surface area contributed by atoms with Gasteiger partial charge in [-0.2, -0.15) is 0 Å². The van der Waals surface area contributed by atoms with E-state index in [1.165, 1.54) is 0 Å². The van der Waals surface area contributed by atoms with Crippen molar-refractivity contribution in [2.45, 2.75) is 13.1 Å². The molecular weight excluding hydrogens is 491 g/mol. The van der Waals surface area contributed by atoms with Crippen molar-refractivity contribution in [2.75, 3.05) is 9.80 Å². The Hall–Kier alpha value is -3.86. The van der Waals surface area contributed by atoms with E-state index in [-0.39, 0.29) is 11.8 Å². The van der Waals surface area contributed by atoms with Gasteiger partial charge in [-0.05, 0) is 47.5 Å². The quantitative estimate of drug-likeness (QED) is 0.277. The lowest BCUT2D eigenvalue weighted by atomic mass is 9.96. The van der Waals surface area contributed by atoms with Gasteiger partial charge in [-0.1, -0.05) is 83.9 Å². The lowest BCUT2D eigenvalue weighted by molar-refractivity contribution is -0.114. The number of nitrogens with zero attached hydrogens (tertiary/aromatic N) is 2. The van der Waals surface area contributed by atoms with Crippen LogP contribution in [0, 0.1) is 0 Å². The van der Waals surface area contributed by atoms with Crippen molar-refractivity contribution in [1.82, 2.24) is 0 Å². The molecule has 2 amide bonds. The van der Waals surface area contributed by atoms with E-state index in [4.69, 9.17) is 23.2 Å². The van der Waals surface area contributed by atoms with Gasteiger partial charge >= 0.3 is 0 Å². The average molecular weight is 511 g/mol. The summed E-state index contributed by atoms with van der Waals surface area (Å²) < 4.78 is 0. The van der Waals surface area contributed by atoms with E-state index in [9.17, 15) is 9.59 Å². The molecule has 0 spiro atoms. The van der Waals surface area contributed by atoms with Crippen LogP contribution in [0.2, 0.25) is 10.0 Å². The van der Waals surface area contributed by atoms with Crippen molar-refractivity contribution in [3.8, 4) is 0 Å². The third-order valence-corrected chi connectivity index (χ3v) is 7.04. The lowest BCUT2D eigenvalue weighted by Gasteiger charge is -2.18. The molecule has 4 aromatic rings. The molecule has 4 nitrogen and oxygen atoms in total. The molecule has 36 heavy (non-hydrogen) atoms. The number of rotatable bonds is 4. The largest absolute Gasteiger partial charge is 0.303 e. The summed E-state index contributed by atoms with van der Waals surface area (Å²) in [7, 11) is 0. The van der Waals surface area contributed by atoms with Crippen LogP contribution in [0.3, 0.4) is 0 Å². The molecule has 0 aliphatic carbocycles. The molecule has 6 heteroatoms. The van der Waals surface area contributed by atoms with Crippen LogP contribution in [0.15, 0.2) is 97.1 Å². The molecule has 6 rings (SSSR count). The van der Waals surface area contributed by atoms with Gasteiger partial charge in [0.2, 0.25) is 0 Å². The number of amides is 2. The van der Waals surface area contributed by atoms with E-state index in [1.807, 2.05) is 72.8 Å². The van der Waals surface area contributed by atoms with Crippen LogP contribution in [0.1, 0.15) is 22.3 Å². The van der Waals surface area contributed by atoms with Crippen molar-refractivity contribution < 1.29 is 9.59 Å². The molecule has 4 aromatic carbocycles. The van der Waals surface area contributed by atoms with Crippen molar-refractivity contribution in [2.24, 2.45) is 0 Å². The van der Waals surface area contributed by atoms with Gasteiger partial charge in [0.15, 0.2) is 0 Å². The Morgan fingerprint density at radius 2 is 0.917 bits per heavy atom. The highest BCUT2D eigenvalue weighted by molar-refractivity contribution is 6.50. The molecule has 0 saturated carbocycles. The summed E-state index contributed by atoms with van der Waals surface area (Å²) in [6.07, 6.45) is 0. The number of halogens is 2. The smallest absolute Gasteiger partial charge is 0.260 e. The second-order valence-electron chi connectivity index (χ2n) is 8.83. The molecule has 2 aliphatic rings. The van der Waals surface area contributed by atoms with Crippen LogP contribution in [0.5, 0.6) is 0 Å². The van der Waals surface area contributed by atoms with Crippen LogP contribution in [0.25, 0.3) is 11.1 Å². The number of hydrogen-bond acceptors (Lipinski definition) is 2. The normalized spacial score (nSPS) is 16.5. The van der Waals surface area contributed by atoms with Gasteiger partial charge in [0.05, 0.1) is 35.6 Å². The molecule has 0 bridgehead atoms. The van der Waals surface area contributed by atoms with E-state index >= 15 is 0 Å². The fourth-order valence-electron chi connectivity index (χ4n) is 4.94. The van der Waals surface area contributed by atoms with Crippen molar-refractivity contribution >= 4 is 57.5 Å². The monoisotopic (exact) mass is 510 g/mol. The molecule has 0 aromatic heterocycles. The van der Waals surface area contributed by atoms with Crippen LogP contribution in [0.4, 0.5) is 11.4 Å². The molecule has 2 heterocycles. The molecule has 0 atom stereocenters. The second-order valence-corrected chi connectivity index (χ2v) is 9.70. The topological polar surface area (TPSA) is 40.6 Å². The molecule has 176 valence electrons. The number of hydrogen-bond donors (Lipinski definition) is 0. The van der Waals surface area contributed by atoms with Gasteiger partial charge < -0.3 is 9.80 Å². The molecular formula is C30H20Cl2N2O2. The average Bonchev–Trinajstić information content (AvgIpc) is 3.29. The summed E-state index contributed by atoms with van der Waals surface area (Å²) in [5, 5.41) is 0.998. The van der Waals surface area contributed by atoms with Gasteiger partial charge in [0.25, 0.3) is 11.8 Å². The number of carbonyl (C=O) groups excluding carboxylic acids is 2. The Kier molecular flexibility index (Phi) is 5.63. The molecule has 0 N–H and O–H groups in total. The zero-order chi connectivity index (χ0) is 24.8. The van der Waals surface area contributed by atoms with Crippen molar-refractivity contribution in [3.05, 3.63) is 129 Å². The summed E-state index contributed by atoms with van der Waals surface area (Å²) in [5.41, 5.74) is 5.45. The van der Waals surface area contributed by atoms with Gasteiger partial charge in [0, 0.05) is 21.2 Å². The molecule has 2 aliphatic heterocycles. The minimum absolute atomic E-state index is 0.230. The third kappa shape index (κ3) is 3.79. The molecule has 0 saturated heterocycles. The van der Waals surface area contributed by atoms with Crippen LogP contribution < -0.4 is 9.80 Å². The first-order chi connectivity index (χ1) is 17.5. The van der Waals surface area contributed by atoms with Crippen LogP contribution in [-0.4, -0.2) is 11.8 Å². The highest BCUT2D eigenvalue weighted by Gasteiger charge is 2.42. The van der Waals surface area contributed by atoms with Gasteiger partial charge in [0.1, 0.15) is 0 Å². The Bertz CT molecular complexity index is 1430. The number of anilines is 2. The summed E-state index contributed by atoms with van der Waals surface area (Å²) in [5.74, 6) is -0.459. The first-order valence-electron chi connectivity index (χ1n) is 11.6. The van der Waals surface area contributed by atoms with E-state index in [0.29, 0.717) is 45.4 Å². The Morgan fingerprint density at radius 3 is 1.31 bits per heavy atom. The zero-order valence-corrected chi connectivity index (χ0v) is 20.6. The Balaban J connectivity index is 1.53. The predicted octanol–water partition coefficient (Wildman–Crippen LogP) is 7.00. The van der Waals surface area contributed by atoms with Crippen molar-refractivity contribution in [1.29, 1.82) is 0 Å². The van der Waals surface area contributed by atoms with Crippen LogP contribution >= 0.6 is 23.2 Å². The number of benzene rings is 4. The highest BCUT2D eigenvalue weighted by Crippen LogP contribution is 2.48.